The van der Waals surface area contributed by atoms with Crippen LogP contribution in [0.5, 0.6) is 0 Å². The van der Waals surface area contributed by atoms with Crippen LogP contribution in [0.15, 0.2) is 0 Å². The zero-order valence-electron chi connectivity index (χ0n) is 24.7. The van der Waals surface area contributed by atoms with E-state index in [4.69, 9.17) is 0 Å². The van der Waals surface area contributed by atoms with Gasteiger partial charge in [0.1, 0.15) is 0 Å². The van der Waals surface area contributed by atoms with Crippen molar-refractivity contribution in [3.8, 4) is 0 Å². The van der Waals surface area contributed by atoms with Gasteiger partial charge in [0, 0.05) is 13.0 Å². The molecule has 2 N–H and O–H groups in total. The summed E-state index contributed by atoms with van der Waals surface area (Å²) in [5, 5.41) is 2.34. The van der Waals surface area contributed by atoms with Gasteiger partial charge in [-0.3, -0.25) is 0 Å². The lowest BCUT2D eigenvalue weighted by Crippen LogP contribution is -2.79. The molecule has 0 heterocycles. The number of nitrogens with one attached hydrogen (secondary N) is 2. The molecule has 0 aromatic carbocycles. The number of alkyl halides is 29. The summed E-state index contributed by atoms with van der Waals surface area (Å²) in [7, 11) is -4.16. The molecule has 0 atom stereocenters. The average molecular weight is 898 g/mol. The monoisotopic (exact) mass is 898 g/mol. The topological polar surface area (TPSA) is 58.2 Å². The highest BCUT2D eigenvalue weighted by atomic mass is 32.2. The van der Waals surface area contributed by atoms with E-state index in [0.717, 1.165) is 0 Å². The normalized spacial score (nSPS) is 16.6. The Balaban J connectivity index is 7.26. The van der Waals surface area contributed by atoms with Gasteiger partial charge in [0.15, 0.2) is 0 Å². The van der Waals surface area contributed by atoms with Crippen molar-refractivity contribution in [2.45, 2.75) is 96.0 Å². The van der Waals surface area contributed by atoms with Gasteiger partial charge >= 0.3 is 83.2 Å². The molecule has 0 radical (unpaired) electrons. The lowest BCUT2D eigenvalue weighted by atomic mass is 9.83. The van der Waals surface area contributed by atoms with Crippen LogP contribution < -0.4 is 10.0 Å². The molecule has 0 fully saturated rings. The summed E-state index contributed by atoms with van der Waals surface area (Å²) < 4.78 is 418. The van der Waals surface area contributed by atoms with Gasteiger partial charge in [-0.25, -0.2) is 13.1 Å². The summed E-state index contributed by atoms with van der Waals surface area (Å²) in [6.07, 6.45) is -12.0. The molecule has 54 heavy (non-hydrogen) atoms. The summed E-state index contributed by atoms with van der Waals surface area (Å²) in [5.74, 6) is -124. The van der Waals surface area contributed by atoms with Crippen molar-refractivity contribution in [2.75, 3.05) is 25.9 Å². The SMILES string of the molecule is CNCCCNS(=O)(=O)CCC(F)(F)C(F)(F)C(F)(F)C(F)(F)C(F)(F)C(F)(F)C(F)(F)C(F)(F)C(F)(F)C(F)(F)C(F)(F)C(F)(F)C(F)(F)C(F)(F)F. The van der Waals surface area contributed by atoms with Gasteiger partial charge < -0.3 is 5.32 Å². The van der Waals surface area contributed by atoms with Crippen LogP contribution in [0, 0.1) is 0 Å². The fourth-order valence-electron chi connectivity index (χ4n) is 3.36. The highest BCUT2D eigenvalue weighted by Crippen LogP contribution is 2.69. The second-order valence-electron chi connectivity index (χ2n) is 10.5. The molecule has 0 aromatic rings. The minimum Gasteiger partial charge on any atom is -0.320 e. The third-order valence-corrected chi connectivity index (χ3v) is 8.15. The van der Waals surface area contributed by atoms with Crippen molar-refractivity contribution in [1.29, 1.82) is 0 Å². The van der Waals surface area contributed by atoms with E-state index >= 15 is 0 Å². The third-order valence-electron chi connectivity index (χ3n) is 6.76. The largest absolute Gasteiger partial charge is 0.460 e. The third kappa shape index (κ3) is 7.16. The molecule has 0 amide bonds. The molecule has 0 spiro atoms. The molecule has 0 aliphatic heterocycles. The number of hydrogen-bond acceptors (Lipinski definition) is 3. The molecule has 0 aromatic heterocycles. The Labute approximate surface area is 278 Å². The number of hydrogen-bond donors (Lipinski definition) is 2. The fourth-order valence-corrected chi connectivity index (χ4v) is 4.49. The summed E-state index contributed by atoms with van der Waals surface area (Å²) in [6, 6.07) is 0. The molecule has 4 nitrogen and oxygen atoms in total. The summed E-state index contributed by atoms with van der Waals surface area (Å²) >= 11 is 0. The molecule has 0 rings (SSSR count). The van der Waals surface area contributed by atoms with Crippen molar-refractivity contribution < 1.29 is 136 Å². The van der Waals surface area contributed by atoms with Crippen LogP contribution in [0.3, 0.4) is 0 Å². The van der Waals surface area contributed by atoms with Gasteiger partial charge in [-0.2, -0.15) is 127 Å². The summed E-state index contributed by atoms with van der Waals surface area (Å²) in [5.41, 5.74) is 0. The predicted octanol–water partition coefficient (Wildman–Crippen LogP) is 8.73. The van der Waals surface area contributed by atoms with E-state index < -0.39 is 112 Å². The van der Waals surface area contributed by atoms with Gasteiger partial charge in [0.2, 0.25) is 10.0 Å². The first-order valence-electron chi connectivity index (χ1n) is 12.6. The van der Waals surface area contributed by atoms with E-state index in [1.165, 1.54) is 11.8 Å². The highest BCUT2D eigenvalue weighted by molar-refractivity contribution is 7.89. The lowest BCUT2D eigenvalue weighted by Gasteiger charge is -2.46. The van der Waals surface area contributed by atoms with Crippen molar-refractivity contribution >= 4 is 10.0 Å². The molecule has 0 aliphatic carbocycles. The van der Waals surface area contributed by atoms with Crippen LogP contribution >= 0.6 is 0 Å². The van der Waals surface area contributed by atoms with Crippen molar-refractivity contribution in [3.63, 3.8) is 0 Å². The second-order valence-corrected chi connectivity index (χ2v) is 12.4. The van der Waals surface area contributed by atoms with E-state index in [-0.39, 0.29) is 13.0 Å². The molecule has 0 unspecified atom stereocenters. The molecule has 0 saturated heterocycles. The Hall–Kier alpha value is -2.16. The van der Waals surface area contributed by atoms with Crippen LogP contribution in [0.2, 0.25) is 0 Å². The Kier molecular flexibility index (Phi) is 13.5. The lowest BCUT2D eigenvalue weighted by molar-refractivity contribution is -0.487. The first kappa shape index (κ1) is 51.8. The number of rotatable bonds is 20. The quantitative estimate of drug-likeness (QED) is 0.0951. The summed E-state index contributed by atoms with van der Waals surface area (Å²) in [4.78, 5) is 0. The Morgan fingerprint density at radius 2 is 0.611 bits per heavy atom. The zero-order chi connectivity index (χ0) is 44.4. The minimum absolute atomic E-state index is 0.0920. The zero-order valence-corrected chi connectivity index (χ0v) is 25.5. The Bertz CT molecular complexity index is 1420. The van der Waals surface area contributed by atoms with Crippen LogP contribution in [-0.4, -0.2) is 117 Å². The molecular weight excluding hydrogens is 883 g/mol. The van der Waals surface area contributed by atoms with Gasteiger partial charge in [-0.15, -0.1) is 0 Å². The molecule has 34 heteroatoms. The van der Waals surface area contributed by atoms with Crippen LogP contribution in [0.1, 0.15) is 12.8 Å². The minimum atomic E-state index is -9.99. The molecular formula is C20H15F29N2O2S. The van der Waals surface area contributed by atoms with E-state index in [9.17, 15) is 136 Å². The van der Waals surface area contributed by atoms with Gasteiger partial charge in [-0.05, 0) is 20.0 Å². The summed E-state index contributed by atoms with van der Waals surface area (Å²) in [6.45, 7) is -0.893. The van der Waals surface area contributed by atoms with Crippen LogP contribution in [0.4, 0.5) is 127 Å². The van der Waals surface area contributed by atoms with Crippen LogP contribution in [-0.2, 0) is 10.0 Å². The molecule has 0 saturated carbocycles. The Morgan fingerprint density at radius 1 is 0.370 bits per heavy atom. The van der Waals surface area contributed by atoms with Crippen molar-refractivity contribution in [2.24, 2.45) is 0 Å². The van der Waals surface area contributed by atoms with Crippen molar-refractivity contribution in [1.82, 2.24) is 10.0 Å². The highest BCUT2D eigenvalue weighted by Gasteiger charge is 3.00. The molecule has 0 bridgehead atoms. The van der Waals surface area contributed by atoms with Crippen LogP contribution in [0.25, 0.3) is 0 Å². The second kappa shape index (κ2) is 14.0. The molecule has 0 aliphatic rings. The number of sulfonamides is 1. The number of halogens is 29. The smallest absolute Gasteiger partial charge is 0.320 e. The fraction of sp³-hybridized carbons (Fsp3) is 1.00. The van der Waals surface area contributed by atoms with E-state index in [1.54, 1.807) is 0 Å². The maximum atomic E-state index is 14.0. The van der Waals surface area contributed by atoms with E-state index in [2.05, 4.69) is 5.32 Å². The standard InChI is InChI=1S/C20H15F29N2O2S/c1-50-4-2-5-51-54(52,53)6-3-7(21,22)8(23,24)9(25,26)10(27,28)11(29,30)12(31,32)13(33,34)14(35,36)15(37,38)16(39,40)17(41,42)18(43,44)19(45,46)20(47,48)49/h50-51H,2-6H2,1H3. The predicted molar refractivity (Wildman–Crippen MR) is 115 cm³/mol. The maximum Gasteiger partial charge on any atom is 0.460 e. The Morgan fingerprint density at radius 3 is 0.852 bits per heavy atom. The average Bonchev–Trinajstić information content (AvgIpc) is 2.96. The molecule has 326 valence electrons. The van der Waals surface area contributed by atoms with Gasteiger partial charge in [0.05, 0.1) is 5.75 Å². The van der Waals surface area contributed by atoms with Gasteiger partial charge in [0.25, 0.3) is 0 Å². The van der Waals surface area contributed by atoms with Gasteiger partial charge in [-0.1, -0.05) is 0 Å². The maximum absolute atomic E-state index is 14.0. The van der Waals surface area contributed by atoms with E-state index in [1.807, 2.05) is 0 Å². The first-order chi connectivity index (χ1) is 23.0. The van der Waals surface area contributed by atoms with E-state index in [0.29, 0.717) is 0 Å². The van der Waals surface area contributed by atoms with Crippen molar-refractivity contribution in [3.05, 3.63) is 0 Å². The first-order valence-corrected chi connectivity index (χ1v) is 14.3.